The molecule has 0 aliphatic carbocycles. The Labute approximate surface area is 144 Å². The molecule has 1 saturated heterocycles. The number of hydrogen-bond acceptors (Lipinski definition) is 4. The van der Waals surface area contributed by atoms with E-state index in [4.69, 9.17) is 4.74 Å². The molecule has 0 bridgehead atoms. The number of carbonyl (C=O) groups is 2. The first kappa shape index (κ1) is 16.9. The smallest absolute Gasteiger partial charge is 0.272 e. The largest absolute Gasteiger partial charge is 0.456 e. The van der Waals surface area contributed by atoms with Crippen molar-refractivity contribution >= 4 is 11.8 Å². The lowest BCUT2D eigenvalue weighted by atomic mass is 10.2. The number of rotatable bonds is 4. The van der Waals surface area contributed by atoms with E-state index in [2.05, 4.69) is 4.98 Å². The van der Waals surface area contributed by atoms with Crippen LogP contribution in [-0.4, -0.2) is 53.3 Å². The number of aromatic nitrogens is 1. The maximum absolute atomic E-state index is 13.2. The van der Waals surface area contributed by atoms with Crippen molar-refractivity contribution in [3.8, 4) is 11.5 Å². The summed E-state index contributed by atoms with van der Waals surface area (Å²) < 4.78 is 18.7. The summed E-state index contributed by atoms with van der Waals surface area (Å²) in [7, 11) is 3.32. The number of halogens is 1. The Bertz CT molecular complexity index is 794. The molecule has 0 radical (unpaired) electrons. The van der Waals surface area contributed by atoms with E-state index in [-0.39, 0.29) is 17.5 Å². The van der Waals surface area contributed by atoms with Gasteiger partial charge in [0.2, 0.25) is 5.91 Å². The molecule has 25 heavy (non-hydrogen) atoms. The Balaban J connectivity index is 1.69. The standard InChI is InChI=1S/C18H18FN3O3/c1-21-9-8-16(18(21)24)22(2)17(23)15-7-6-14(11-20-15)25-13-5-3-4-12(19)10-13/h3-7,10-11,16H,8-9H2,1-2H3. The van der Waals surface area contributed by atoms with Crippen LogP contribution in [0.3, 0.4) is 0 Å². The third-order valence-corrected chi connectivity index (χ3v) is 4.17. The third-order valence-electron chi connectivity index (χ3n) is 4.17. The van der Waals surface area contributed by atoms with E-state index in [1.807, 2.05) is 0 Å². The molecule has 2 aromatic rings. The van der Waals surface area contributed by atoms with Crippen LogP contribution in [0.1, 0.15) is 16.9 Å². The van der Waals surface area contributed by atoms with Gasteiger partial charge in [0.05, 0.1) is 6.20 Å². The summed E-state index contributed by atoms with van der Waals surface area (Å²) in [5.74, 6) is -0.0583. The summed E-state index contributed by atoms with van der Waals surface area (Å²) in [4.78, 5) is 31.7. The lowest BCUT2D eigenvalue weighted by Gasteiger charge is -2.22. The van der Waals surface area contributed by atoms with Crippen molar-refractivity contribution in [3.63, 3.8) is 0 Å². The first-order valence-corrected chi connectivity index (χ1v) is 7.87. The van der Waals surface area contributed by atoms with Crippen LogP contribution in [0.15, 0.2) is 42.6 Å². The van der Waals surface area contributed by atoms with E-state index in [0.29, 0.717) is 24.5 Å². The summed E-state index contributed by atoms with van der Waals surface area (Å²) in [6, 6.07) is 8.40. The minimum absolute atomic E-state index is 0.0677. The average Bonchev–Trinajstić information content (AvgIpc) is 2.93. The Morgan fingerprint density at radius 1 is 1.32 bits per heavy atom. The predicted molar refractivity (Wildman–Crippen MR) is 88.8 cm³/mol. The van der Waals surface area contributed by atoms with Crippen LogP contribution in [0, 0.1) is 5.82 Å². The van der Waals surface area contributed by atoms with E-state index in [1.165, 1.54) is 29.3 Å². The molecule has 1 aliphatic heterocycles. The Hall–Kier alpha value is -2.96. The highest BCUT2D eigenvalue weighted by Gasteiger charge is 2.35. The lowest BCUT2D eigenvalue weighted by Crippen LogP contribution is -2.42. The fraction of sp³-hybridized carbons (Fsp3) is 0.278. The molecule has 1 aliphatic rings. The molecule has 130 valence electrons. The molecule has 2 heterocycles. The van der Waals surface area contributed by atoms with Crippen LogP contribution < -0.4 is 4.74 Å². The van der Waals surface area contributed by atoms with E-state index in [0.717, 1.165) is 0 Å². The molecule has 6 nitrogen and oxygen atoms in total. The molecule has 0 N–H and O–H groups in total. The summed E-state index contributed by atoms with van der Waals surface area (Å²) in [5.41, 5.74) is 0.219. The van der Waals surface area contributed by atoms with Crippen molar-refractivity contribution < 1.29 is 18.7 Å². The molecule has 3 rings (SSSR count). The third kappa shape index (κ3) is 3.60. The molecule has 1 unspecified atom stereocenters. The highest BCUT2D eigenvalue weighted by molar-refractivity contribution is 5.96. The van der Waals surface area contributed by atoms with Crippen molar-refractivity contribution in [3.05, 3.63) is 54.1 Å². The summed E-state index contributed by atoms with van der Waals surface area (Å²) in [5, 5.41) is 0. The molecule has 1 aromatic carbocycles. The summed E-state index contributed by atoms with van der Waals surface area (Å²) in [6.45, 7) is 0.634. The molecule has 1 atom stereocenters. The number of likely N-dealkylation sites (tertiary alicyclic amines) is 1. The van der Waals surface area contributed by atoms with Crippen molar-refractivity contribution in [1.82, 2.24) is 14.8 Å². The van der Waals surface area contributed by atoms with Gasteiger partial charge in [0.1, 0.15) is 29.1 Å². The monoisotopic (exact) mass is 343 g/mol. The number of carbonyl (C=O) groups excluding carboxylic acids is 2. The van der Waals surface area contributed by atoms with Crippen molar-refractivity contribution in [2.75, 3.05) is 20.6 Å². The minimum atomic E-state index is -0.456. The Morgan fingerprint density at radius 2 is 2.12 bits per heavy atom. The van der Waals surface area contributed by atoms with Gasteiger partial charge in [-0.2, -0.15) is 0 Å². The number of pyridine rings is 1. The normalized spacial score (nSPS) is 16.8. The maximum Gasteiger partial charge on any atom is 0.272 e. The topological polar surface area (TPSA) is 62.7 Å². The van der Waals surface area contributed by atoms with Gasteiger partial charge in [-0.15, -0.1) is 0 Å². The first-order valence-electron chi connectivity index (χ1n) is 7.87. The van der Waals surface area contributed by atoms with Crippen LogP contribution in [-0.2, 0) is 4.79 Å². The van der Waals surface area contributed by atoms with Crippen molar-refractivity contribution in [2.45, 2.75) is 12.5 Å². The second-order valence-corrected chi connectivity index (χ2v) is 5.92. The fourth-order valence-electron chi connectivity index (χ4n) is 2.72. The molecule has 1 fully saturated rings. The second kappa shape index (κ2) is 6.88. The molecule has 0 spiro atoms. The molecule has 2 amide bonds. The number of nitrogens with zero attached hydrogens (tertiary/aromatic N) is 3. The van der Waals surface area contributed by atoms with Crippen molar-refractivity contribution in [1.29, 1.82) is 0 Å². The number of amides is 2. The minimum Gasteiger partial charge on any atom is -0.456 e. The lowest BCUT2D eigenvalue weighted by molar-refractivity contribution is -0.130. The zero-order chi connectivity index (χ0) is 18.0. The molecular weight excluding hydrogens is 325 g/mol. The summed E-state index contributed by atoms with van der Waals surface area (Å²) >= 11 is 0. The number of ether oxygens (including phenoxy) is 1. The molecule has 0 saturated carbocycles. The van der Waals surface area contributed by atoms with Gasteiger partial charge in [-0.3, -0.25) is 9.59 Å². The van der Waals surface area contributed by atoms with Crippen LogP contribution in [0.5, 0.6) is 11.5 Å². The van der Waals surface area contributed by atoms with Gasteiger partial charge in [0, 0.05) is 26.7 Å². The number of likely N-dealkylation sites (N-methyl/N-ethyl adjacent to an activating group) is 2. The fourth-order valence-corrected chi connectivity index (χ4v) is 2.72. The number of benzene rings is 1. The van der Waals surface area contributed by atoms with Gasteiger partial charge in [0.25, 0.3) is 5.91 Å². The molecular formula is C18H18FN3O3. The van der Waals surface area contributed by atoms with E-state index >= 15 is 0 Å². The van der Waals surface area contributed by atoms with E-state index in [1.54, 1.807) is 37.2 Å². The number of hydrogen-bond donors (Lipinski definition) is 0. The average molecular weight is 343 g/mol. The first-order chi connectivity index (χ1) is 12.0. The quantitative estimate of drug-likeness (QED) is 0.855. The van der Waals surface area contributed by atoms with Crippen LogP contribution >= 0.6 is 0 Å². The van der Waals surface area contributed by atoms with Gasteiger partial charge in [-0.05, 0) is 30.7 Å². The van der Waals surface area contributed by atoms with Gasteiger partial charge >= 0.3 is 0 Å². The van der Waals surface area contributed by atoms with Crippen LogP contribution in [0.2, 0.25) is 0 Å². The van der Waals surface area contributed by atoms with Crippen LogP contribution in [0.4, 0.5) is 4.39 Å². The van der Waals surface area contributed by atoms with Gasteiger partial charge < -0.3 is 14.5 Å². The summed E-state index contributed by atoms with van der Waals surface area (Å²) in [6.07, 6.45) is 2.01. The zero-order valence-corrected chi connectivity index (χ0v) is 14.0. The predicted octanol–water partition coefficient (Wildman–Crippen LogP) is 2.32. The van der Waals surface area contributed by atoms with Crippen molar-refractivity contribution in [2.24, 2.45) is 0 Å². The maximum atomic E-state index is 13.2. The van der Waals surface area contributed by atoms with Gasteiger partial charge in [-0.1, -0.05) is 6.07 Å². The molecule has 1 aromatic heterocycles. The van der Waals surface area contributed by atoms with Crippen LogP contribution in [0.25, 0.3) is 0 Å². The van der Waals surface area contributed by atoms with E-state index in [9.17, 15) is 14.0 Å². The highest BCUT2D eigenvalue weighted by Crippen LogP contribution is 2.22. The SMILES string of the molecule is CN1CCC(N(C)C(=O)c2ccc(Oc3cccc(F)c3)cn2)C1=O. The van der Waals surface area contributed by atoms with E-state index < -0.39 is 11.9 Å². The van der Waals surface area contributed by atoms with Gasteiger partial charge in [0.15, 0.2) is 0 Å². The Morgan fingerprint density at radius 3 is 2.72 bits per heavy atom. The zero-order valence-electron chi connectivity index (χ0n) is 14.0. The highest BCUT2D eigenvalue weighted by atomic mass is 19.1. The second-order valence-electron chi connectivity index (χ2n) is 5.92. The molecule has 7 heteroatoms. The van der Waals surface area contributed by atoms with Gasteiger partial charge in [-0.25, -0.2) is 9.37 Å². The Kier molecular flexibility index (Phi) is 4.65.